The zero-order chi connectivity index (χ0) is 19.2. The molecule has 0 spiro atoms. The van der Waals surface area contributed by atoms with Crippen molar-refractivity contribution >= 4 is 39.2 Å². The van der Waals surface area contributed by atoms with Gasteiger partial charge in [-0.05, 0) is 23.9 Å². The lowest BCUT2D eigenvalue weighted by Gasteiger charge is -2.21. The van der Waals surface area contributed by atoms with E-state index >= 15 is 0 Å². The van der Waals surface area contributed by atoms with Crippen LogP contribution in [-0.2, 0) is 17.9 Å². The van der Waals surface area contributed by atoms with Crippen molar-refractivity contribution in [3.8, 4) is 0 Å². The maximum atomic E-state index is 12.7. The van der Waals surface area contributed by atoms with Crippen molar-refractivity contribution in [2.24, 2.45) is 0 Å². The Labute approximate surface area is 166 Å². The summed E-state index contributed by atoms with van der Waals surface area (Å²) in [5.41, 5.74) is 1.69. The molecule has 0 aliphatic heterocycles. The number of aromatic nitrogens is 2. The fourth-order valence-corrected chi connectivity index (χ4v) is 4.41. The van der Waals surface area contributed by atoms with Gasteiger partial charge in [0.05, 0.1) is 11.3 Å². The number of thiophene rings is 1. The zero-order valence-electron chi connectivity index (χ0n) is 15.1. The molecule has 1 aromatic carbocycles. The molecule has 0 N–H and O–H groups in total. The molecular weight excluding hydrogens is 378 g/mol. The number of fused-ring (bicyclic) bond motifs is 1. The second-order valence-electron chi connectivity index (χ2n) is 5.92. The number of nitrogens with zero attached hydrogens (tertiary/aromatic N) is 3. The molecular formula is C20H21N3O2S2. The van der Waals surface area contributed by atoms with Crippen molar-refractivity contribution in [3.63, 3.8) is 0 Å². The highest BCUT2D eigenvalue weighted by molar-refractivity contribution is 7.99. The first-order valence-corrected chi connectivity index (χ1v) is 10.5. The van der Waals surface area contributed by atoms with Crippen molar-refractivity contribution in [2.75, 3.05) is 12.3 Å². The number of benzene rings is 1. The minimum atomic E-state index is -0.0820. The number of carbonyl (C=O) groups excluding carboxylic acids is 1. The molecule has 0 atom stereocenters. The van der Waals surface area contributed by atoms with Crippen LogP contribution in [0.2, 0.25) is 0 Å². The standard InChI is InChI=1S/C20H21N3O2S2/c1-3-11-23-19(25)18-16(10-12-26-18)21-20(23)27-14-17(24)22(4-2)13-15-8-6-5-7-9-15/h3,5-10,12H,1,4,11,13-14H2,2H3. The molecule has 2 aromatic heterocycles. The van der Waals surface area contributed by atoms with Crippen LogP contribution in [0.1, 0.15) is 12.5 Å². The number of hydrogen-bond acceptors (Lipinski definition) is 5. The quantitative estimate of drug-likeness (QED) is 0.329. The van der Waals surface area contributed by atoms with Gasteiger partial charge in [-0.1, -0.05) is 48.2 Å². The maximum Gasteiger partial charge on any atom is 0.272 e. The van der Waals surface area contributed by atoms with Gasteiger partial charge in [0.1, 0.15) is 4.70 Å². The molecule has 0 radical (unpaired) electrons. The molecule has 3 aromatic rings. The number of thioether (sulfide) groups is 1. The van der Waals surface area contributed by atoms with E-state index in [0.717, 1.165) is 5.56 Å². The summed E-state index contributed by atoms with van der Waals surface area (Å²) in [6.45, 7) is 7.27. The fraction of sp³-hybridized carbons (Fsp3) is 0.250. The Kier molecular flexibility index (Phi) is 6.47. The van der Waals surface area contributed by atoms with Crippen molar-refractivity contribution in [3.05, 3.63) is 70.4 Å². The second kappa shape index (κ2) is 9.01. The largest absolute Gasteiger partial charge is 0.338 e. The Morgan fingerprint density at radius 2 is 2.11 bits per heavy atom. The minimum absolute atomic E-state index is 0.0242. The summed E-state index contributed by atoms with van der Waals surface area (Å²) in [7, 11) is 0. The monoisotopic (exact) mass is 399 g/mol. The fourth-order valence-electron chi connectivity index (χ4n) is 2.72. The smallest absolute Gasteiger partial charge is 0.272 e. The summed E-state index contributed by atoms with van der Waals surface area (Å²) in [5, 5.41) is 2.41. The Morgan fingerprint density at radius 1 is 1.33 bits per heavy atom. The molecule has 27 heavy (non-hydrogen) atoms. The van der Waals surface area contributed by atoms with Gasteiger partial charge in [-0.3, -0.25) is 14.2 Å². The van der Waals surface area contributed by atoms with E-state index in [1.807, 2.05) is 48.7 Å². The van der Waals surface area contributed by atoms with Gasteiger partial charge < -0.3 is 4.90 Å². The molecule has 0 bridgehead atoms. The highest BCUT2D eigenvalue weighted by Crippen LogP contribution is 2.21. The average molecular weight is 400 g/mol. The molecule has 7 heteroatoms. The van der Waals surface area contributed by atoms with E-state index in [2.05, 4.69) is 11.6 Å². The first-order valence-electron chi connectivity index (χ1n) is 8.67. The van der Waals surface area contributed by atoms with Crippen LogP contribution in [0.25, 0.3) is 10.2 Å². The molecule has 0 fully saturated rings. The van der Waals surface area contributed by atoms with Crippen LogP contribution in [0.4, 0.5) is 0 Å². The summed E-state index contributed by atoms with van der Waals surface area (Å²) < 4.78 is 2.21. The summed E-state index contributed by atoms with van der Waals surface area (Å²) in [6, 6.07) is 11.8. The van der Waals surface area contributed by atoms with Crippen LogP contribution in [-0.4, -0.2) is 32.7 Å². The van der Waals surface area contributed by atoms with Gasteiger partial charge in [-0.25, -0.2) is 4.98 Å². The Hall–Kier alpha value is -2.38. The number of allylic oxidation sites excluding steroid dienone is 1. The highest BCUT2D eigenvalue weighted by Gasteiger charge is 2.16. The Balaban J connectivity index is 1.76. The second-order valence-corrected chi connectivity index (χ2v) is 7.77. The molecule has 0 aliphatic carbocycles. The van der Waals surface area contributed by atoms with E-state index in [1.54, 1.807) is 15.5 Å². The van der Waals surface area contributed by atoms with E-state index in [1.165, 1.54) is 23.1 Å². The van der Waals surface area contributed by atoms with E-state index in [-0.39, 0.29) is 17.2 Å². The van der Waals surface area contributed by atoms with E-state index in [0.29, 0.717) is 35.0 Å². The predicted molar refractivity (Wildman–Crippen MR) is 112 cm³/mol. The predicted octanol–water partition coefficient (Wildman–Crippen LogP) is 3.78. The molecule has 0 saturated carbocycles. The van der Waals surface area contributed by atoms with Gasteiger partial charge in [-0.2, -0.15) is 0 Å². The highest BCUT2D eigenvalue weighted by atomic mass is 32.2. The topological polar surface area (TPSA) is 55.2 Å². The van der Waals surface area contributed by atoms with Gasteiger partial charge >= 0.3 is 0 Å². The molecule has 2 heterocycles. The van der Waals surface area contributed by atoms with E-state index in [9.17, 15) is 9.59 Å². The van der Waals surface area contributed by atoms with Crippen LogP contribution >= 0.6 is 23.1 Å². The third kappa shape index (κ3) is 4.48. The Bertz CT molecular complexity index is 995. The van der Waals surface area contributed by atoms with Crippen LogP contribution in [0, 0.1) is 0 Å². The summed E-state index contributed by atoms with van der Waals surface area (Å²) in [6.07, 6.45) is 1.67. The summed E-state index contributed by atoms with van der Waals surface area (Å²) >= 11 is 2.68. The molecule has 5 nitrogen and oxygen atoms in total. The third-order valence-corrected chi connectivity index (χ3v) is 5.97. The number of amides is 1. The average Bonchev–Trinajstić information content (AvgIpc) is 3.16. The van der Waals surface area contributed by atoms with Crippen molar-refractivity contribution in [1.29, 1.82) is 0 Å². The maximum absolute atomic E-state index is 12.7. The van der Waals surface area contributed by atoms with E-state index in [4.69, 9.17) is 0 Å². The molecule has 3 rings (SSSR count). The first-order chi connectivity index (χ1) is 13.1. The van der Waals surface area contributed by atoms with Gasteiger partial charge in [0.2, 0.25) is 5.91 Å². The summed E-state index contributed by atoms with van der Waals surface area (Å²) in [5.74, 6) is 0.260. The SMILES string of the molecule is C=CCn1c(SCC(=O)N(CC)Cc2ccccc2)nc2ccsc2c1=O. The van der Waals surface area contributed by atoms with Gasteiger partial charge in [-0.15, -0.1) is 17.9 Å². The minimum Gasteiger partial charge on any atom is -0.338 e. The molecule has 140 valence electrons. The first kappa shape index (κ1) is 19.4. The Morgan fingerprint density at radius 3 is 2.81 bits per heavy atom. The van der Waals surface area contributed by atoms with Crippen LogP contribution < -0.4 is 5.56 Å². The summed E-state index contributed by atoms with van der Waals surface area (Å²) in [4.78, 5) is 31.7. The molecule has 0 saturated heterocycles. The van der Waals surface area contributed by atoms with Crippen molar-refractivity contribution in [1.82, 2.24) is 14.5 Å². The van der Waals surface area contributed by atoms with Crippen LogP contribution in [0.3, 0.4) is 0 Å². The van der Waals surface area contributed by atoms with Gasteiger partial charge in [0.15, 0.2) is 5.16 Å². The van der Waals surface area contributed by atoms with Crippen molar-refractivity contribution in [2.45, 2.75) is 25.2 Å². The van der Waals surface area contributed by atoms with E-state index < -0.39 is 0 Å². The number of carbonyl (C=O) groups is 1. The van der Waals surface area contributed by atoms with Gasteiger partial charge in [0, 0.05) is 19.6 Å². The number of hydrogen-bond donors (Lipinski definition) is 0. The lowest BCUT2D eigenvalue weighted by atomic mass is 10.2. The third-order valence-electron chi connectivity index (χ3n) is 4.12. The van der Waals surface area contributed by atoms with Crippen LogP contribution in [0.15, 0.2) is 64.4 Å². The lowest BCUT2D eigenvalue weighted by molar-refractivity contribution is -0.128. The molecule has 0 unspecified atom stereocenters. The molecule has 1 amide bonds. The zero-order valence-corrected chi connectivity index (χ0v) is 16.8. The number of rotatable bonds is 8. The normalized spacial score (nSPS) is 10.9. The lowest BCUT2D eigenvalue weighted by Crippen LogP contribution is -2.32. The molecule has 0 aliphatic rings. The van der Waals surface area contributed by atoms with Crippen molar-refractivity contribution < 1.29 is 4.79 Å². The van der Waals surface area contributed by atoms with Crippen LogP contribution in [0.5, 0.6) is 0 Å². The van der Waals surface area contributed by atoms with Gasteiger partial charge in [0.25, 0.3) is 5.56 Å².